The van der Waals surface area contributed by atoms with Crippen molar-refractivity contribution in [2.24, 2.45) is 11.8 Å². The van der Waals surface area contributed by atoms with Gasteiger partial charge in [-0.3, -0.25) is 4.40 Å². The van der Waals surface area contributed by atoms with E-state index in [1.807, 2.05) is 4.90 Å². The Morgan fingerprint density at radius 3 is 2.57 bits per heavy atom. The summed E-state index contributed by atoms with van der Waals surface area (Å²) in [5.41, 5.74) is -1.40. The van der Waals surface area contributed by atoms with Gasteiger partial charge >= 0.3 is 18.1 Å². The van der Waals surface area contributed by atoms with Crippen LogP contribution in [0.3, 0.4) is 0 Å². The van der Waals surface area contributed by atoms with Crippen molar-refractivity contribution in [2.45, 2.75) is 24.6 Å². The number of imidazole rings is 1. The molecule has 2 unspecified atom stereocenters. The zero-order valence-electron chi connectivity index (χ0n) is 15.9. The first-order valence-corrected chi connectivity index (χ1v) is 9.65. The Morgan fingerprint density at radius 2 is 1.93 bits per heavy atom. The molecule has 1 spiro atoms. The molecule has 4 heterocycles. The number of carbonyl (C=O) groups is 2. The zero-order valence-corrected chi connectivity index (χ0v) is 15.9. The summed E-state index contributed by atoms with van der Waals surface area (Å²) in [6.45, 7) is 4.27. The van der Waals surface area contributed by atoms with Crippen molar-refractivity contribution >= 4 is 29.5 Å². The van der Waals surface area contributed by atoms with Crippen molar-refractivity contribution in [1.29, 1.82) is 0 Å². The molecule has 2 bridgehead atoms. The van der Waals surface area contributed by atoms with E-state index in [1.165, 1.54) is 24.8 Å². The molecule has 1 saturated carbocycles. The van der Waals surface area contributed by atoms with E-state index in [4.69, 9.17) is 0 Å². The fourth-order valence-corrected chi connectivity index (χ4v) is 5.25. The molecule has 156 valence electrons. The van der Waals surface area contributed by atoms with E-state index in [0.717, 1.165) is 16.7 Å². The number of hydrogen-bond acceptors (Lipinski definition) is 4. The number of hydrogen-bond donors (Lipinski definition) is 1. The third-order valence-electron chi connectivity index (χ3n) is 6.55. The second kappa shape index (κ2) is 6.16. The number of pyridine rings is 1. The van der Waals surface area contributed by atoms with Crippen LogP contribution >= 0.6 is 0 Å². The zero-order chi connectivity index (χ0) is 21.3. The molecule has 1 N–H and O–H groups in total. The monoisotopic (exact) mass is 418 g/mol. The van der Waals surface area contributed by atoms with Crippen LogP contribution in [-0.2, 0) is 11.0 Å². The lowest BCUT2D eigenvalue weighted by molar-refractivity contribution is -0.345. The quantitative estimate of drug-likeness (QED) is 0.601. The molecule has 7 nitrogen and oxygen atoms in total. The summed E-state index contributed by atoms with van der Waals surface area (Å²) in [6.07, 6.45) is 2.55. The van der Waals surface area contributed by atoms with Gasteiger partial charge in [0.05, 0.1) is 17.3 Å². The number of nitrogens with one attached hydrogen (secondary N) is 1. The number of fused-ring (bicyclic) bond motifs is 1. The van der Waals surface area contributed by atoms with Gasteiger partial charge in [0.2, 0.25) is 5.54 Å². The number of allylic oxidation sites excluding steroid dienone is 1. The first-order chi connectivity index (χ1) is 14.3. The van der Waals surface area contributed by atoms with Crippen molar-refractivity contribution in [3.63, 3.8) is 0 Å². The maximum Gasteiger partial charge on any atom is 0.499 e. The first kappa shape index (κ1) is 18.8. The molecule has 2 atom stereocenters. The van der Waals surface area contributed by atoms with E-state index in [-0.39, 0.29) is 17.7 Å². The number of anilines is 1. The predicted octanol–water partition coefficient (Wildman–Crippen LogP) is 2.46. The second-order valence-corrected chi connectivity index (χ2v) is 8.02. The molecule has 1 aliphatic carbocycles. The van der Waals surface area contributed by atoms with Crippen molar-refractivity contribution in [2.75, 3.05) is 18.0 Å². The average Bonchev–Trinajstić information content (AvgIpc) is 3.30. The van der Waals surface area contributed by atoms with Gasteiger partial charge in [-0.15, -0.1) is 4.58 Å². The van der Waals surface area contributed by atoms with Crippen LogP contribution in [0, 0.1) is 11.8 Å². The fourth-order valence-electron chi connectivity index (χ4n) is 5.25. The standard InChI is InChI=1S/C20H18F3N5O2/c1-2-5-27-17(29)19(25-18(27)30)12-3-4-13(19)10-26(9-12)16-7-14(20(21,22)23)6-15-8-24-11-28(15)16/h2,5-8,11-13H,1,3-4,9-10H2/p+1. The Balaban J connectivity index is 1.54. The minimum atomic E-state index is -4.48. The topological polar surface area (TPSA) is 69.7 Å². The van der Waals surface area contributed by atoms with Gasteiger partial charge in [-0.25, -0.2) is 15.1 Å². The Kier molecular flexibility index (Phi) is 3.87. The lowest BCUT2D eigenvalue weighted by atomic mass is 9.77. The number of carbonyl (C=O) groups excluding carboxylic acids is 2. The number of imide groups is 1. The van der Waals surface area contributed by atoms with Crippen molar-refractivity contribution < 1.29 is 27.3 Å². The Morgan fingerprint density at radius 1 is 1.23 bits per heavy atom. The molecule has 3 amide bonds. The van der Waals surface area contributed by atoms with E-state index in [0.29, 0.717) is 37.3 Å². The normalized spacial score (nSPS) is 30.0. The van der Waals surface area contributed by atoms with Gasteiger partial charge in [-0.05, 0) is 31.1 Å². The molecule has 2 aromatic rings. The van der Waals surface area contributed by atoms with Gasteiger partial charge in [0.1, 0.15) is 18.4 Å². The Bertz CT molecular complexity index is 1110. The van der Waals surface area contributed by atoms with Crippen LogP contribution < -0.4 is 10.2 Å². The van der Waals surface area contributed by atoms with Crippen molar-refractivity contribution in [3.8, 4) is 0 Å². The highest BCUT2D eigenvalue weighted by molar-refractivity contribution is 6.00. The minimum Gasteiger partial charge on any atom is -0.357 e. The van der Waals surface area contributed by atoms with Crippen LogP contribution in [0.25, 0.3) is 5.52 Å². The minimum absolute atomic E-state index is 0.205. The molecule has 5 rings (SSSR count). The van der Waals surface area contributed by atoms with Gasteiger partial charge in [0, 0.05) is 24.9 Å². The van der Waals surface area contributed by atoms with E-state index >= 15 is 0 Å². The molecule has 30 heavy (non-hydrogen) atoms. The molecule has 2 aromatic heterocycles. The summed E-state index contributed by atoms with van der Waals surface area (Å²) < 4.78 is 43.0. The van der Waals surface area contributed by atoms with Gasteiger partial charge in [0.15, 0.2) is 0 Å². The molecule has 10 heteroatoms. The van der Waals surface area contributed by atoms with Gasteiger partial charge in [0.25, 0.3) is 0 Å². The number of urea groups is 1. The summed E-state index contributed by atoms with van der Waals surface area (Å²) in [6, 6.07) is 1.71. The van der Waals surface area contributed by atoms with Crippen molar-refractivity contribution in [3.05, 3.63) is 42.9 Å². The number of alkyl halides is 3. The van der Waals surface area contributed by atoms with Gasteiger partial charge in [-0.2, -0.15) is 18.0 Å². The summed E-state index contributed by atoms with van der Waals surface area (Å²) >= 11 is 0. The molecular formula is C20H19F3N5O2+. The highest BCUT2D eigenvalue weighted by Crippen LogP contribution is 2.48. The summed E-state index contributed by atoms with van der Waals surface area (Å²) in [5.74, 6) is -0.334. The molecule has 0 aromatic carbocycles. The van der Waals surface area contributed by atoms with Crippen LogP contribution in [0.1, 0.15) is 18.4 Å². The van der Waals surface area contributed by atoms with Crippen LogP contribution in [0.5, 0.6) is 0 Å². The molecule has 3 fully saturated rings. The lowest BCUT2D eigenvalue weighted by Gasteiger charge is -2.41. The Labute approximate surface area is 169 Å². The molecule has 3 aliphatic rings. The third-order valence-corrected chi connectivity index (χ3v) is 6.55. The van der Waals surface area contributed by atoms with E-state index < -0.39 is 23.3 Å². The fraction of sp³-hybridized carbons (Fsp3) is 0.400. The van der Waals surface area contributed by atoms with E-state index in [1.54, 1.807) is 4.40 Å². The SMILES string of the molecule is C=CC=[N+]1C(=O)NC2(C1=O)C1CCC2CN(c2cc(C(F)(F)F)cc3cncn23)C1. The summed E-state index contributed by atoms with van der Waals surface area (Å²) in [5, 5.41) is 2.89. The third kappa shape index (κ3) is 2.45. The van der Waals surface area contributed by atoms with Crippen molar-refractivity contribution in [1.82, 2.24) is 14.7 Å². The highest BCUT2D eigenvalue weighted by Gasteiger charge is 2.70. The Hall–Kier alpha value is -3.17. The number of nitrogens with zero attached hydrogens (tertiary/aromatic N) is 4. The summed E-state index contributed by atoms with van der Waals surface area (Å²) in [4.78, 5) is 31.4. The van der Waals surface area contributed by atoms with Crippen LogP contribution in [-0.4, -0.2) is 50.7 Å². The van der Waals surface area contributed by atoms with Crippen LogP contribution in [0.4, 0.5) is 23.8 Å². The van der Waals surface area contributed by atoms with E-state index in [2.05, 4.69) is 16.9 Å². The number of rotatable bonds is 2. The van der Waals surface area contributed by atoms with Crippen LogP contribution in [0.15, 0.2) is 37.3 Å². The molecular weight excluding hydrogens is 399 g/mol. The maximum absolute atomic E-state index is 13.4. The predicted molar refractivity (Wildman–Crippen MR) is 101 cm³/mol. The van der Waals surface area contributed by atoms with Crippen LogP contribution in [0.2, 0.25) is 0 Å². The number of piperidine rings is 1. The maximum atomic E-state index is 13.4. The highest BCUT2D eigenvalue weighted by atomic mass is 19.4. The first-order valence-electron chi connectivity index (χ1n) is 9.65. The number of halogens is 3. The van der Waals surface area contributed by atoms with Gasteiger partial charge < -0.3 is 4.90 Å². The number of aromatic nitrogens is 2. The second-order valence-electron chi connectivity index (χ2n) is 8.02. The largest absolute Gasteiger partial charge is 0.499 e. The van der Waals surface area contributed by atoms with Gasteiger partial charge in [-0.1, -0.05) is 6.58 Å². The smallest absolute Gasteiger partial charge is 0.357 e. The number of amides is 3. The summed E-state index contributed by atoms with van der Waals surface area (Å²) in [7, 11) is 0. The molecule has 2 saturated heterocycles. The lowest BCUT2D eigenvalue weighted by Crippen LogP contribution is -2.63. The molecule has 2 aliphatic heterocycles. The van der Waals surface area contributed by atoms with E-state index in [9.17, 15) is 22.8 Å². The molecule has 0 radical (unpaired) electrons. The average molecular weight is 418 g/mol.